The second-order valence-corrected chi connectivity index (χ2v) is 5.30. The van der Waals surface area contributed by atoms with Crippen LogP contribution in [0.5, 0.6) is 0 Å². The van der Waals surface area contributed by atoms with Crippen LogP contribution in [0.3, 0.4) is 0 Å². The summed E-state index contributed by atoms with van der Waals surface area (Å²) in [5.74, 6) is 0.686. The highest BCUT2D eigenvalue weighted by Crippen LogP contribution is 2.19. The number of aromatic nitrogens is 1. The van der Waals surface area contributed by atoms with Gasteiger partial charge < -0.3 is 14.5 Å². The van der Waals surface area contributed by atoms with Crippen molar-refractivity contribution in [2.75, 3.05) is 33.3 Å². The first kappa shape index (κ1) is 14.3. The van der Waals surface area contributed by atoms with Crippen LogP contribution in [0.25, 0.3) is 11.5 Å². The summed E-state index contributed by atoms with van der Waals surface area (Å²) in [6, 6.07) is 9.98. The lowest BCUT2D eigenvalue weighted by Gasteiger charge is -2.32. The van der Waals surface area contributed by atoms with Crippen molar-refractivity contribution in [2.45, 2.75) is 12.6 Å². The third kappa shape index (κ3) is 3.69. The van der Waals surface area contributed by atoms with Crippen LogP contribution < -0.4 is 5.32 Å². The molecule has 1 aromatic heterocycles. The van der Waals surface area contributed by atoms with Crippen LogP contribution in [-0.2, 0) is 11.3 Å². The van der Waals surface area contributed by atoms with Gasteiger partial charge in [0.1, 0.15) is 6.26 Å². The zero-order valence-corrected chi connectivity index (χ0v) is 12.3. The molecule has 0 saturated carbocycles. The van der Waals surface area contributed by atoms with E-state index in [0.29, 0.717) is 5.89 Å². The van der Waals surface area contributed by atoms with E-state index in [1.165, 1.54) is 0 Å². The second kappa shape index (κ2) is 6.85. The monoisotopic (exact) mass is 287 g/mol. The van der Waals surface area contributed by atoms with Crippen LogP contribution >= 0.6 is 0 Å². The van der Waals surface area contributed by atoms with E-state index in [-0.39, 0.29) is 6.10 Å². The third-order valence-electron chi connectivity index (χ3n) is 3.61. The lowest BCUT2D eigenvalue weighted by molar-refractivity contribution is -0.0295. The maximum absolute atomic E-state index is 5.71. The van der Waals surface area contributed by atoms with Crippen molar-refractivity contribution in [1.82, 2.24) is 15.2 Å². The molecule has 1 saturated heterocycles. The topological polar surface area (TPSA) is 50.5 Å². The van der Waals surface area contributed by atoms with Crippen LogP contribution in [0.1, 0.15) is 5.69 Å². The van der Waals surface area contributed by atoms with Crippen LogP contribution in [0, 0.1) is 0 Å². The molecule has 1 N–H and O–H groups in total. The highest BCUT2D eigenvalue weighted by atomic mass is 16.5. The van der Waals surface area contributed by atoms with Crippen molar-refractivity contribution in [3.8, 4) is 11.5 Å². The Morgan fingerprint density at radius 1 is 1.33 bits per heavy atom. The smallest absolute Gasteiger partial charge is 0.226 e. The molecule has 2 heterocycles. The van der Waals surface area contributed by atoms with E-state index < -0.39 is 0 Å². The molecule has 1 atom stereocenters. The van der Waals surface area contributed by atoms with E-state index in [9.17, 15) is 0 Å². The molecule has 5 nitrogen and oxygen atoms in total. The Morgan fingerprint density at radius 2 is 2.19 bits per heavy atom. The first-order valence-corrected chi connectivity index (χ1v) is 7.33. The molecular formula is C16H21N3O2. The number of hydrogen-bond donors (Lipinski definition) is 1. The fourth-order valence-electron chi connectivity index (χ4n) is 2.60. The summed E-state index contributed by atoms with van der Waals surface area (Å²) in [6.45, 7) is 4.32. The van der Waals surface area contributed by atoms with Crippen LogP contribution in [-0.4, -0.2) is 49.3 Å². The summed E-state index contributed by atoms with van der Waals surface area (Å²) in [6.07, 6.45) is 2.01. The summed E-state index contributed by atoms with van der Waals surface area (Å²) in [4.78, 5) is 6.94. The highest BCUT2D eigenvalue weighted by molar-refractivity contribution is 5.52. The van der Waals surface area contributed by atoms with Crippen LogP contribution in [0.15, 0.2) is 41.0 Å². The zero-order chi connectivity index (χ0) is 14.5. The summed E-state index contributed by atoms with van der Waals surface area (Å²) in [5.41, 5.74) is 1.98. The minimum Gasteiger partial charge on any atom is -0.444 e. The Hall–Kier alpha value is -1.69. The SMILES string of the molecule is CNCC1CN(Cc2coc(-c3ccccc3)n2)CCO1. The summed E-state index contributed by atoms with van der Waals surface area (Å²) in [5, 5.41) is 3.16. The van der Waals surface area contributed by atoms with E-state index in [0.717, 1.165) is 44.0 Å². The first-order valence-electron chi connectivity index (χ1n) is 7.33. The van der Waals surface area contributed by atoms with Gasteiger partial charge in [-0.25, -0.2) is 4.98 Å². The fraction of sp³-hybridized carbons (Fsp3) is 0.438. The van der Waals surface area contributed by atoms with E-state index in [4.69, 9.17) is 9.15 Å². The van der Waals surface area contributed by atoms with Crippen LogP contribution in [0.4, 0.5) is 0 Å². The number of rotatable bonds is 5. The molecule has 1 aromatic carbocycles. The van der Waals surface area contributed by atoms with Gasteiger partial charge in [-0.1, -0.05) is 18.2 Å². The molecule has 112 valence electrons. The Kier molecular flexibility index (Phi) is 4.65. The summed E-state index contributed by atoms with van der Waals surface area (Å²) >= 11 is 0. The second-order valence-electron chi connectivity index (χ2n) is 5.30. The highest BCUT2D eigenvalue weighted by Gasteiger charge is 2.20. The minimum atomic E-state index is 0.254. The number of benzene rings is 1. The molecule has 0 bridgehead atoms. The van der Waals surface area contributed by atoms with Gasteiger partial charge >= 0.3 is 0 Å². The molecule has 0 radical (unpaired) electrons. The van der Waals surface area contributed by atoms with Gasteiger partial charge in [0.2, 0.25) is 5.89 Å². The van der Waals surface area contributed by atoms with Crippen molar-refractivity contribution >= 4 is 0 Å². The zero-order valence-electron chi connectivity index (χ0n) is 12.3. The lowest BCUT2D eigenvalue weighted by atomic mass is 10.2. The van der Waals surface area contributed by atoms with Gasteiger partial charge in [-0.05, 0) is 19.2 Å². The molecule has 0 spiro atoms. The normalized spacial score (nSPS) is 19.8. The lowest BCUT2D eigenvalue weighted by Crippen LogP contribution is -2.45. The molecule has 2 aromatic rings. The molecular weight excluding hydrogens is 266 g/mol. The molecule has 0 amide bonds. The molecule has 1 aliphatic rings. The maximum atomic E-state index is 5.71. The molecule has 1 fully saturated rings. The number of nitrogens with zero attached hydrogens (tertiary/aromatic N) is 2. The van der Waals surface area contributed by atoms with E-state index in [1.54, 1.807) is 6.26 Å². The van der Waals surface area contributed by atoms with Gasteiger partial charge in [0, 0.05) is 31.7 Å². The number of ether oxygens (including phenoxy) is 1. The standard InChI is InChI=1S/C16H21N3O2/c1-17-9-15-11-19(7-8-20-15)10-14-12-21-16(18-14)13-5-3-2-4-6-13/h2-6,12,15,17H,7-11H2,1H3. The van der Waals surface area contributed by atoms with Crippen molar-refractivity contribution in [2.24, 2.45) is 0 Å². The average molecular weight is 287 g/mol. The largest absolute Gasteiger partial charge is 0.444 e. The van der Waals surface area contributed by atoms with Crippen molar-refractivity contribution < 1.29 is 9.15 Å². The molecule has 0 aliphatic carbocycles. The molecule has 21 heavy (non-hydrogen) atoms. The number of morpholine rings is 1. The average Bonchev–Trinajstić information content (AvgIpc) is 2.97. The van der Waals surface area contributed by atoms with Crippen molar-refractivity contribution in [3.63, 3.8) is 0 Å². The van der Waals surface area contributed by atoms with Crippen molar-refractivity contribution in [3.05, 3.63) is 42.3 Å². The van der Waals surface area contributed by atoms with E-state index in [1.807, 2.05) is 37.4 Å². The van der Waals surface area contributed by atoms with Gasteiger partial charge in [0.25, 0.3) is 0 Å². The number of hydrogen-bond acceptors (Lipinski definition) is 5. The predicted octanol–water partition coefficient (Wildman–Crippen LogP) is 1.76. The molecule has 5 heteroatoms. The Labute approximate surface area is 124 Å². The molecule has 1 unspecified atom stereocenters. The van der Waals surface area contributed by atoms with Gasteiger partial charge in [0.05, 0.1) is 18.4 Å². The van der Waals surface area contributed by atoms with Crippen LogP contribution in [0.2, 0.25) is 0 Å². The van der Waals surface area contributed by atoms with Gasteiger partial charge in [-0.15, -0.1) is 0 Å². The molecule has 3 rings (SSSR count). The third-order valence-corrected chi connectivity index (χ3v) is 3.61. The minimum absolute atomic E-state index is 0.254. The van der Waals surface area contributed by atoms with Gasteiger partial charge in [0.15, 0.2) is 0 Å². The van der Waals surface area contributed by atoms with E-state index in [2.05, 4.69) is 15.2 Å². The van der Waals surface area contributed by atoms with Gasteiger partial charge in [-0.3, -0.25) is 4.90 Å². The first-order chi connectivity index (χ1) is 10.3. The number of oxazole rings is 1. The van der Waals surface area contributed by atoms with Gasteiger partial charge in [-0.2, -0.15) is 0 Å². The summed E-state index contributed by atoms with van der Waals surface area (Å²) in [7, 11) is 1.95. The quantitative estimate of drug-likeness (QED) is 0.908. The fourth-order valence-corrected chi connectivity index (χ4v) is 2.60. The molecule has 1 aliphatic heterocycles. The Balaban J connectivity index is 1.62. The van der Waals surface area contributed by atoms with Crippen molar-refractivity contribution in [1.29, 1.82) is 0 Å². The number of nitrogens with one attached hydrogen (secondary N) is 1. The predicted molar refractivity (Wildman–Crippen MR) is 80.9 cm³/mol. The number of likely N-dealkylation sites (N-methyl/N-ethyl adjacent to an activating group) is 1. The maximum Gasteiger partial charge on any atom is 0.226 e. The van der Waals surface area contributed by atoms with E-state index >= 15 is 0 Å². The Bertz CT molecular complexity index is 554. The summed E-state index contributed by atoms with van der Waals surface area (Å²) < 4.78 is 11.3. The Morgan fingerprint density at radius 3 is 3.00 bits per heavy atom.